The van der Waals surface area contributed by atoms with Crippen LogP contribution in [-0.2, 0) is 10.1 Å². The average Bonchev–Trinajstić information content (AvgIpc) is 2.57. The third-order valence-corrected chi connectivity index (χ3v) is 6.79. The van der Waals surface area contributed by atoms with Gasteiger partial charge in [0.2, 0.25) is 0 Å². The van der Waals surface area contributed by atoms with Gasteiger partial charge < -0.3 is 4.72 Å². The summed E-state index contributed by atoms with van der Waals surface area (Å²) >= 11 is 3.43. The van der Waals surface area contributed by atoms with Gasteiger partial charge in [-0.05, 0) is 40.7 Å². The van der Waals surface area contributed by atoms with E-state index >= 15 is 0 Å². The first-order chi connectivity index (χ1) is 6.69. The van der Waals surface area contributed by atoms with Crippen LogP contribution in [0.15, 0.2) is 22.7 Å². The molecule has 2 aliphatic rings. The zero-order valence-corrected chi connectivity index (χ0v) is 10.1. The van der Waals surface area contributed by atoms with E-state index in [4.69, 9.17) is 0 Å². The van der Waals surface area contributed by atoms with E-state index in [0.29, 0.717) is 5.25 Å². The van der Waals surface area contributed by atoms with Crippen LogP contribution in [-0.4, -0.2) is 9.96 Å². The van der Waals surface area contributed by atoms with Crippen LogP contribution in [0, 0.1) is 0 Å². The lowest BCUT2D eigenvalue weighted by Gasteiger charge is -2.17. The van der Waals surface area contributed by atoms with Crippen molar-refractivity contribution in [1.29, 1.82) is 0 Å². The maximum atomic E-state index is 12.4. The number of hydrogen-bond donors (Lipinski definition) is 2. The predicted octanol–water partition coefficient (Wildman–Crippen LogP) is 2.64. The molecule has 14 heavy (non-hydrogen) atoms. The van der Waals surface area contributed by atoms with Crippen molar-refractivity contribution in [2.75, 3.05) is 10.5 Å². The number of rotatable bonds is 0. The molecular weight excluding hydrogens is 262 g/mol. The van der Waals surface area contributed by atoms with Gasteiger partial charge in [-0.3, -0.25) is 4.21 Å². The molecule has 1 atom stereocenters. The molecule has 1 unspecified atom stereocenters. The van der Waals surface area contributed by atoms with Crippen LogP contribution >= 0.6 is 15.9 Å². The normalized spacial score (nSPS) is 29.1. The van der Waals surface area contributed by atoms with Gasteiger partial charge in [0.05, 0.1) is 5.25 Å². The molecule has 76 valence electrons. The number of benzene rings is 1. The summed E-state index contributed by atoms with van der Waals surface area (Å²) in [6, 6.07) is 6.17. The molecule has 1 saturated heterocycles. The highest BCUT2D eigenvalue weighted by atomic mass is 79.9. The van der Waals surface area contributed by atoms with E-state index in [2.05, 4.69) is 26.7 Å². The Morgan fingerprint density at radius 1 is 1.50 bits per heavy atom. The summed E-state index contributed by atoms with van der Waals surface area (Å²) < 4.78 is 16.7. The van der Waals surface area contributed by atoms with Crippen molar-refractivity contribution in [3.8, 4) is 0 Å². The summed E-state index contributed by atoms with van der Waals surface area (Å²) in [5, 5.41) is 0.297. The third-order valence-electron chi connectivity index (χ3n) is 3.16. The van der Waals surface area contributed by atoms with Crippen molar-refractivity contribution in [2.24, 2.45) is 0 Å². The number of fused-ring (bicyclic) bond motifs is 3. The minimum absolute atomic E-state index is 0.297. The van der Waals surface area contributed by atoms with E-state index in [-0.39, 0.29) is 0 Å². The van der Waals surface area contributed by atoms with Gasteiger partial charge in [-0.25, -0.2) is 0 Å². The smallest absolute Gasteiger partial charge is 0.0552 e. The molecule has 2 nitrogen and oxygen atoms in total. The fourth-order valence-electron chi connectivity index (χ4n) is 2.52. The predicted molar refractivity (Wildman–Crippen MR) is 64.1 cm³/mol. The van der Waals surface area contributed by atoms with Gasteiger partial charge in [0.1, 0.15) is 0 Å². The largest absolute Gasteiger partial charge is 0.326 e. The van der Waals surface area contributed by atoms with Crippen LogP contribution < -0.4 is 4.72 Å². The molecule has 1 aromatic carbocycles. The molecule has 1 N–H and O–H groups in total. The van der Waals surface area contributed by atoms with Crippen molar-refractivity contribution < 1.29 is 4.21 Å². The first-order valence-corrected chi connectivity index (χ1v) is 7.61. The SMILES string of the molecule is O=[SH]12CCCC1c1ccc(Br)cc1N2. The Kier molecular flexibility index (Phi) is 1.80. The lowest BCUT2D eigenvalue weighted by Crippen LogP contribution is -2.20. The Morgan fingerprint density at radius 2 is 2.36 bits per heavy atom. The first-order valence-electron chi connectivity index (χ1n) is 4.85. The lowest BCUT2D eigenvalue weighted by atomic mass is 10.1. The Hall–Kier alpha value is -0.350. The van der Waals surface area contributed by atoms with Gasteiger partial charge in [-0.2, -0.15) is 0 Å². The van der Waals surface area contributed by atoms with Gasteiger partial charge in [-0.15, -0.1) is 0 Å². The molecule has 4 heteroatoms. The summed E-state index contributed by atoms with van der Waals surface area (Å²) in [6.45, 7) is 0. The Labute approximate surface area is 92.8 Å². The second-order valence-corrected chi connectivity index (χ2v) is 7.82. The highest BCUT2D eigenvalue weighted by Crippen LogP contribution is 2.49. The molecule has 2 heterocycles. The molecule has 3 rings (SSSR count). The van der Waals surface area contributed by atoms with Crippen LogP contribution in [0.1, 0.15) is 23.7 Å². The number of anilines is 1. The first kappa shape index (κ1) is 8.92. The fourth-order valence-corrected chi connectivity index (χ4v) is 5.99. The maximum Gasteiger partial charge on any atom is 0.0552 e. The quantitative estimate of drug-likeness (QED) is 0.700. The van der Waals surface area contributed by atoms with Gasteiger partial charge in [0.15, 0.2) is 0 Å². The van der Waals surface area contributed by atoms with E-state index in [9.17, 15) is 4.21 Å². The van der Waals surface area contributed by atoms with Crippen LogP contribution in [0.3, 0.4) is 0 Å². The monoisotopic (exact) mass is 273 g/mol. The van der Waals surface area contributed by atoms with Gasteiger partial charge >= 0.3 is 0 Å². The molecule has 1 aromatic rings. The lowest BCUT2D eigenvalue weighted by molar-refractivity contribution is 0.672. The zero-order chi connectivity index (χ0) is 9.76. The Balaban J connectivity index is 2.16. The van der Waals surface area contributed by atoms with Gasteiger partial charge in [0, 0.05) is 15.9 Å². The summed E-state index contributed by atoms with van der Waals surface area (Å²) in [4.78, 5) is 0. The molecular formula is C10H12BrNOS. The third kappa shape index (κ3) is 1.10. The van der Waals surface area contributed by atoms with Crippen molar-refractivity contribution in [3.63, 3.8) is 0 Å². The number of nitrogens with one attached hydrogen (secondary N) is 1. The van der Waals surface area contributed by atoms with Crippen LogP contribution in [0.4, 0.5) is 5.69 Å². The number of hydrogen-bond acceptors (Lipinski definition) is 1. The molecule has 2 aliphatic heterocycles. The fraction of sp³-hybridized carbons (Fsp3) is 0.400. The summed E-state index contributed by atoms with van der Waals surface area (Å²) in [5.74, 6) is 0.865. The minimum Gasteiger partial charge on any atom is -0.326 e. The highest BCUT2D eigenvalue weighted by Gasteiger charge is 2.40. The summed E-state index contributed by atoms with van der Waals surface area (Å²) in [5.41, 5.74) is 2.33. The molecule has 0 aromatic heterocycles. The summed E-state index contributed by atoms with van der Waals surface area (Å²) in [7, 11) is -2.10. The average molecular weight is 274 g/mol. The van der Waals surface area contributed by atoms with Crippen molar-refractivity contribution in [1.82, 2.24) is 0 Å². The topological polar surface area (TPSA) is 29.1 Å². The van der Waals surface area contributed by atoms with Crippen LogP contribution in [0.5, 0.6) is 0 Å². The minimum atomic E-state index is -2.10. The van der Waals surface area contributed by atoms with Crippen LogP contribution in [0.2, 0.25) is 0 Å². The summed E-state index contributed by atoms with van der Waals surface area (Å²) in [6.07, 6.45) is 2.18. The zero-order valence-electron chi connectivity index (χ0n) is 7.66. The van der Waals surface area contributed by atoms with Gasteiger partial charge in [0.25, 0.3) is 0 Å². The second-order valence-electron chi connectivity index (χ2n) is 4.02. The van der Waals surface area contributed by atoms with Crippen molar-refractivity contribution in [2.45, 2.75) is 18.1 Å². The maximum absolute atomic E-state index is 12.4. The van der Waals surface area contributed by atoms with E-state index in [0.717, 1.165) is 28.8 Å². The Bertz CT molecular complexity index is 446. The molecule has 0 radical (unpaired) electrons. The van der Waals surface area contributed by atoms with Crippen molar-refractivity contribution in [3.05, 3.63) is 28.2 Å². The van der Waals surface area contributed by atoms with Crippen LogP contribution in [0.25, 0.3) is 0 Å². The molecule has 1 fully saturated rings. The van der Waals surface area contributed by atoms with E-state index < -0.39 is 10.1 Å². The molecule has 0 saturated carbocycles. The molecule has 0 bridgehead atoms. The Morgan fingerprint density at radius 3 is 3.21 bits per heavy atom. The second kappa shape index (κ2) is 2.83. The van der Waals surface area contributed by atoms with E-state index in [1.165, 1.54) is 5.56 Å². The number of halogens is 1. The van der Waals surface area contributed by atoms with Gasteiger partial charge in [-0.1, -0.05) is 22.0 Å². The standard InChI is InChI=1S/C10H12BrNOS/c11-7-3-4-8-9(6-7)12-14(13)5-1-2-10(8)14/h3-4,6,10,14H,1-2,5H2,(H,12,13). The van der Waals surface area contributed by atoms with E-state index in [1.807, 2.05) is 12.1 Å². The van der Waals surface area contributed by atoms with E-state index in [1.54, 1.807) is 0 Å². The number of thiol groups is 1. The highest BCUT2D eigenvalue weighted by molar-refractivity contribution is 9.10. The molecule has 0 amide bonds. The molecule has 0 aliphatic carbocycles. The van der Waals surface area contributed by atoms with Crippen molar-refractivity contribution >= 4 is 31.7 Å². The molecule has 0 spiro atoms.